The van der Waals surface area contributed by atoms with Gasteiger partial charge in [0.2, 0.25) is 0 Å². The van der Waals surface area contributed by atoms with E-state index in [1.807, 2.05) is 23.5 Å². The minimum atomic E-state index is -0.296. The summed E-state index contributed by atoms with van der Waals surface area (Å²) >= 11 is 3.93. The van der Waals surface area contributed by atoms with Gasteiger partial charge in [-0.1, -0.05) is 0 Å². The van der Waals surface area contributed by atoms with Gasteiger partial charge in [0.25, 0.3) is 5.91 Å². The maximum atomic E-state index is 11.7. The summed E-state index contributed by atoms with van der Waals surface area (Å²) in [7, 11) is 0. The highest BCUT2D eigenvalue weighted by molar-refractivity contribution is 8.06. The van der Waals surface area contributed by atoms with E-state index in [1.165, 1.54) is 11.5 Å². The Kier molecular flexibility index (Phi) is 7.70. The molecule has 2 aliphatic rings. The largest absolute Gasteiger partial charge is 0.366 e. The number of amides is 1. The molecule has 0 aromatic carbocycles. The number of morpholine rings is 1. The zero-order chi connectivity index (χ0) is 11.2. The van der Waals surface area contributed by atoms with Crippen LogP contribution in [0, 0.1) is 0 Å². The van der Waals surface area contributed by atoms with Crippen molar-refractivity contribution in [1.82, 2.24) is 10.6 Å². The average molecular weight is 299 g/mol. The summed E-state index contributed by atoms with van der Waals surface area (Å²) < 4.78 is 5.39. The molecule has 1 amide bonds. The molecule has 0 aliphatic carbocycles. The highest BCUT2D eigenvalue weighted by Crippen LogP contribution is 2.23. The number of rotatable bonds is 3. The second kappa shape index (κ2) is 8.48. The Morgan fingerprint density at radius 2 is 2.35 bits per heavy atom. The lowest BCUT2D eigenvalue weighted by Crippen LogP contribution is -2.49. The predicted molar refractivity (Wildman–Crippen MR) is 76.4 cm³/mol. The van der Waals surface area contributed by atoms with Crippen molar-refractivity contribution >= 4 is 41.8 Å². The normalized spacial score (nSPS) is 29.2. The maximum absolute atomic E-state index is 11.7. The van der Waals surface area contributed by atoms with E-state index in [-0.39, 0.29) is 24.4 Å². The molecule has 2 heterocycles. The number of nitrogens with one attached hydrogen (secondary N) is 2. The fourth-order valence-corrected chi connectivity index (χ4v) is 4.33. The lowest BCUT2D eigenvalue weighted by Gasteiger charge is -2.25. The summed E-state index contributed by atoms with van der Waals surface area (Å²) in [5, 5.41) is 6.71. The average Bonchev–Trinajstić information content (AvgIpc) is 2.38. The molecule has 0 spiro atoms. The van der Waals surface area contributed by atoms with Gasteiger partial charge in [-0.25, -0.2) is 0 Å². The van der Waals surface area contributed by atoms with E-state index in [0.717, 1.165) is 18.8 Å². The van der Waals surface area contributed by atoms with Gasteiger partial charge in [-0.2, -0.15) is 23.5 Å². The lowest BCUT2D eigenvalue weighted by molar-refractivity contribution is -0.134. The van der Waals surface area contributed by atoms with E-state index in [1.54, 1.807) is 0 Å². The Hall–Kier alpha value is 0.380. The van der Waals surface area contributed by atoms with Gasteiger partial charge in [0.05, 0.1) is 6.61 Å². The molecule has 2 saturated heterocycles. The van der Waals surface area contributed by atoms with Crippen molar-refractivity contribution in [2.45, 2.75) is 11.4 Å². The molecular weight excluding hydrogens is 280 g/mol. The molecule has 2 rings (SSSR count). The van der Waals surface area contributed by atoms with Crippen LogP contribution < -0.4 is 10.6 Å². The lowest BCUT2D eigenvalue weighted by atomic mass is 10.3. The van der Waals surface area contributed by atoms with Crippen molar-refractivity contribution in [3.63, 3.8) is 0 Å². The maximum Gasteiger partial charge on any atom is 0.250 e. The molecular formula is C10H19ClN2O2S2. The SMILES string of the molecule is Cl.O=C(NCC1CSCCS1)C1CNCCO1. The Morgan fingerprint density at radius 1 is 1.47 bits per heavy atom. The van der Waals surface area contributed by atoms with Crippen LogP contribution in [0.1, 0.15) is 0 Å². The third kappa shape index (κ3) is 5.26. The molecule has 7 heteroatoms. The molecule has 100 valence electrons. The number of carbonyl (C=O) groups excluding carboxylic acids is 1. The van der Waals surface area contributed by atoms with Crippen molar-refractivity contribution in [3.05, 3.63) is 0 Å². The van der Waals surface area contributed by atoms with Gasteiger partial charge in [0, 0.05) is 42.1 Å². The number of hydrogen-bond donors (Lipinski definition) is 2. The van der Waals surface area contributed by atoms with E-state index in [0.29, 0.717) is 18.4 Å². The van der Waals surface area contributed by atoms with E-state index in [4.69, 9.17) is 4.74 Å². The quantitative estimate of drug-likeness (QED) is 0.788. The summed E-state index contributed by atoms with van der Waals surface area (Å²) in [4.78, 5) is 11.7. The fraction of sp³-hybridized carbons (Fsp3) is 0.900. The van der Waals surface area contributed by atoms with E-state index >= 15 is 0 Å². The molecule has 4 nitrogen and oxygen atoms in total. The number of ether oxygens (including phenoxy) is 1. The van der Waals surface area contributed by atoms with Crippen molar-refractivity contribution in [1.29, 1.82) is 0 Å². The second-order valence-corrected chi connectivity index (χ2v) is 6.43. The molecule has 2 unspecified atom stereocenters. The summed E-state index contributed by atoms with van der Waals surface area (Å²) in [6.45, 7) is 2.89. The first-order valence-electron chi connectivity index (χ1n) is 5.65. The Morgan fingerprint density at radius 3 is 3.00 bits per heavy atom. The van der Waals surface area contributed by atoms with Crippen LogP contribution in [0.15, 0.2) is 0 Å². The van der Waals surface area contributed by atoms with Crippen LogP contribution in [0.25, 0.3) is 0 Å². The number of halogens is 1. The summed E-state index contributed by atoms with van der Waals surface area (Å²) in [5.74, 6) is 3.62. The third-order valence-electron chi connectivity index (χ3n) is 2.61. The van der Waals surface area contributed by atoms with Crippen LogP contribution in [0.4, 0.5) is 0 Å². The zero-order valence-corrected chi connectivity index (χ0v) is 12.1. The second-order valence-electron chi connectivity index (χ2n) is 3.88. The minimum Gasteiger partial charge on any atom is -0.366 e. The minimum absolute atomic E-state index is 0. The standard InChI is InChI=1S/C10H18N2O2S2.ClH/c13-10(9-6-11-1-2-14-9)12-5-8-7-15-3-4-16-8;/h8-9,11H,1-7H2,(H,12,13);1H. The summed E-state index contributed by atoms with van der Waals surface area (Å²) in [6.07, 6.45) is -0.296. The van der Waals surface area contributed by atoms with Gasteiger partial charge in [0.15, 0.2) is 0 Å². The molecule has 0 saturated carbocycles. The molecule has 0 radical (unpaired) electrons. The summed E-state index contributed by atoms with van der Waals surface area (Å²) in [5.41, 5.74) is 0. The molecule has 17 heavy (non-hydrogen) atoms. The van der Waals surface area contributed by atoms with Crippen LogP contribution in [-0.4, -0.2) is 60.8 Å². The zero-order valence-electron chi connectivity index (χ0n) is 9.65. The van der Waals surface area contributed by atoms with Crippen molar-refractivity contribution < 1.29 is 9.53 Å². The topological polar surface area (TPSA) is 50.4 Å². The van der Waals surface area contributed by atoms with Crippen molar-refractivity contribution in [3.8, 4) is 0 Å². The first kappa shape index (κ1) is 15.4. The number of carbonyl (C=O) groups is 1. The molecule has 0 aromatic rings. The molecule has 2 atom stereocenters. The van der Waals surface area contributed by atoms with Crippen molar-refractivity contribution in [2.24, 2.45) is 0 Å². The Balaban J connectivity index is 0.00000144. The van der Waals surface area contributed by atoms with Gasteiger partial charge in [-0.3, -0.25) is 4.79 Å². The Labute approximate surface area is 117 Å². The predicted octanol–water partition coefficient (Wildman–Crippen LogP) is 0.361. The highest BCUT2D eigenvalue weighted by Gasteiger charge is 2.22. The van der Waals surface area contributed by atoms with Gasteiger partial charge >= 0.3 is 0 Å². The first-order valence-corrected chi connectivity index (χ1v) is 7.86. The number of thioether (sulfide) groups is 2. The first-order chi connectivity index (χ1) is 7.86. The van der Waals surface area contributed by atoms with Crippen LogP contribution in [-0.2, 0) is 9.53 Å². The monoisotopic (exact) mass is 298 g/mol. The van der Waals surface area contributed by atoms with Crippen molar-refractivity contribution in [2.75, 3.05) is 43.5 Å². The van der Waals surface area contributed by atoms with Gasteiger partial charge < -0.3 is 15.4 Å². The highest BCUT2D eigenvalue weighted by atomic mass is 35.5. The van der Waals surface area contributed by atoms with Gasteiger partial charge in [0.1, 0.15) is 6.10 Å². The van der Waals surface area contributed by atoms with Crippen LogP contribution in [0.5, 0.6) is 0 Å². The van der Waals surface area contributed by atoms with Crippen LogP contribution in [0.2, 0.25) is 0 Å². The molecule has 2 N–H and O–H groups in total. The third-order valence-corrected chi connectivity index (χ3v) is 5.45. The van der Waals surface area contributed by atoms with Gasteiger partial charge in [-0.15, -0.1) is 12.4 Å². The fourth-order valence-electron chi connectivity index (χ4n) is 1.72. The van der Waals surface area contributed by atoms with E-state index in [2.05, 4.69) is 10.6 Å². The molecule has 0 bridgehead atoms. The molecule has 2 aliphatic heterocycles. The Bertz CT molecular complexity index is 234. The van der Waals surface area contributed by atoms with Gasteiger partial charge in [-0.05, 0) is 0 Å². The molecule has 0 aromatic heterocycles. The molecule has 2 fully saturated rings. The van der Waals surface area contributed by atoms with E-state index < -0.39 is 0 Å². The smallest absolute Gasteiger partial charge is 0.250 e. The summed E-state index contributed by atoms with van der Waals surface area (Å²) in [6, 6.07) is 0. The van der Waals surface area contributed by atoms with E-state index in [9.17, 15) is 4.79 Å². The van der Waals surface area contributed by atoms with Crippen LogP contribution >= 0.6 is 35.9 Å². The number of hydrogen-bond acceptors (Lipinski definition) is 5. The van der Waals surface area contributed by atoms with Crippen LogP contribution in [0.3, 0.4) is 0 Å².